The molecule has 0 spiro atoms. The Morgan fingerprint density at radius 1 is 1.31 bits per heavy atom. The minimum Gasteiger partial charge on any atom is -0.463 e. The number of nitrogens with zero attached hydrogens (tertiary/aromatic N) is 1. The van der Waals surface area contributed by atoms with Crippen molar-refractivity contribution in [2.24, 2.45) is 10.7 Å². The molecular formula is C12H10N2O2. The molecule has 0 bridgehead atoms. The smallest absolute Gasteiger partial charge is 0.248 e. The third kappa shape index (κ3) is 2.36. The van der Waals surface area contributed by atoms with Crippen LogP contribution in [0.25, 0.3) is 0 Å². The lowest BCUT2D eigenvalue weighted by Gasteiger charge is -1.96. The third-order valence-corrected chi connectivity index (χ3v) is 2.01. The van der Waals surface area contributed by atoms with Gasteiger partial charge in [0, 0.05) is 5.56 Å². The topological polar surface area (TPSA) is 68.6 Å². The molecular weight excluding hydrogens is 204 g/mol. The summed E-state index contributed by atoms with van der Waals surface area (Å²) in [5, 5.41) is 0. The highest BCUT2D eigenvalue weighted by Crippen LogP contribution is 2.13. The van der Waals surface area contributed by atoms with Gasteiger partial charge in [0.15, 0.2) is 0 Å². The predicted molar refractivity (Wildman–Crippen MR) is 60.9 cm³/mol. The molecule has 80 valence electrons. The molecule has 1 amide bonds. The average Bonchev–Trinajstić information content (AvgIpc) is 2.79. The maximum absolute atomic E-state index is 10.9. The minimum atomic E-state index is -0.463. The quantitative estimate of drug-likeness (QED) is 0.795. The highest BCUT2D eigenvalue weighted by molar-refractivity contribution is 5.93. The van der Waals surface area contributed by atoms with E-state index in [0.29, 0.717) is 17.0 Å². The summed E-state index contributed by atoms with van der Waals surface area (Å²) in [5.74, 6) is 0.194. The van der Waals surface area contributed by atoms with Gasteiger partial charge in [-0.05, 0) is 30.3 Å². The lowest BCUT2D eigenvalue weighted by atomic mass is 10.2. The van der Waals surface area contributed by atoms with Gasteiger partial charge in [-0.3, -0.25) is 9.79 Å². The highest BCUT2D eigenvalue weighted by atomic mass is 16.3. The van der Waals surface area contributed by atoms with Gasteiger partial charge in [0.25, 0.3) is 0 Å². The van der Waals surface area contributed by atoms with E-state index in [2.05, 4.69) is 4.99 Å². The molecule has 0 saturated heterocycles. The molecule has 0 fully saturated rings. The third-order valence-electron chi connectivity index (χ3n) is 2.01. The Kier molecular flexibility index (Phi) is 2.82. The van der Waals surface area contributed by atoms with Gasteiger partial charge in [-0.2, -0.15) is 0 Å². The van der Waals surface area contributed by atoms with Crippen molar-refractivity contribution in [1.29, 1.82) is 0 Å². The summed E-state index contributed by atoms with van der Waals surface area (Å²) in [6.07, 6.45) is 3.15. The van der Waals surface area contributed by atoms with E-state index in [1.54, 1.807) is 48.9 Å². The standard InChI is InChI=1S/C12H10N2O2/c13-12(15)9-3-1-4-10(7-9)14-8-11-5-2-6-16-11/h1-8H,(H2,13,15). The number of carbonyl (C=O) groups excluding carboxylic acids is 1. The largest absolute Gasteiger partial charge is 0.463 e. The van der Waals surface area contributed by atoms with Gasteiger partial charge in [-0.15, -0.1) is 0 Å². The first-order valence-corrected chi connectivity index (χ1v) is 4.73. The first-order valence-electron chi connectivity index (χ1n) is 4.73. The van der Waals surface area contributed by atoms with Crippen molar-refractivity contribution in [3.05, 3.63) is 54.0 Å². The monoisotopic (exact) mass is 214 g/mol. The van der Waals surface area contributed by atoms with E-state index in [1.165, 1.54) is 0 Å². The van der Waals surface area contributed by atoms with Crippen molar-refractivity contribution in [3.63, 3.8) is 0 Å². The Hall–Kier alpha value is -2.36. The van der Waals surface area contributed by atoms with Gasteiger partial charge in [0.05, 0.1) is 18.2 Å². The second-order valence-electron chi connectivity index (χ2n) is 3.19. The first-order chi connectivity index (χ1) is 7.75. The zero-order valence-electron chi connectivity index (χ0n) is 8.46. The van der Waals surface area contributed by atoms with E-state index in [9.17, 15) is 4.79 Å². The molecule has 1 aromatic carbocycles. The lowest BCUT2D eigenvalue weighted by Crippen LogP contribution is -2.10. The van der Waals surface area contributed by atoms with Crippen LogP contribution in [0.15, 0.2) is 52.1 Å². The molecule has 0 atom stereocenters. The molecule has 0 unspecified atom stereocenters. The van der Waals surface area contributed by atoms with Gasteiger partial charge < -0.3 is 10.2 Å². The van der Waals surface area contributed by atoms with Crippen LogP contribution < -0.4 is 5.73 Å². The molecule has 16 heavy (non-hydrogen) atoms. The zero-order chi connectivity index (χ0) is 11.4. The predicted octanol–water partition coefficient (Wildman–Crippen LogP) is 2.13. The van der Waals surface area contributed by atoms with Gasteiger partial charge in [-0.25, -0.2) is 0 Å². The number of hydrogen-bond acceptors (Lipinski definition) is 3. The number of rotatable bonds is 3. The normalized spacial score (nSPS) is 10.8. The molecule has 0 aliphatic carbocycles. The van der Waals surface area contributed by atoms with E-state index in [0.717, 1.165) is 0 Å². The molecule has 1 aromatic heterocycles. The van der Waals surface area contributed by atoms with E-state index in [1.807, 2.05) is 0 Å². The fourth-order valence-corrected chi connectivity index (χ4v) is 1.24. The molecule has 2 rings (SSSR count). The lowest BCUT2D eigenvalue weighted by molar-refractivity contribution is 0.100. The maximum Gasteiger partial charge on any atom is 0.248 e. The van der Waals surface area contributed by atoms with E-state index < -0.39 is 5.91 Å². The molecule has 4 nitrogen and oxygen atoms in total. The summed E-state index contributed by atoms with van der Waals surface area (Å²) in [7, 11) is 0. The Morgan fingerprint density at radius 3 is 2.88 bits per heavy atom. The van der Waals surface area contributed by atoms with Gasteiger partial charge >= 0.3 is 0 Å². The fraction of sp³-hybridized carbons (Fsp3) is 0. The molecule has 1 heterocycles. The summed E-state index contributed by atoms with van der Waals surface area (Å²) in [4.78, 5) is 15.1. The summed E-state index contributed by atoms with van der Waals surface area (Å²) in [5.41, 5.74) is 6.26. The Balaban J connectivity index is 2.22. The number of furan rings is 1. The summed E-state index contributed by atoms with van der Waals surface area (Å²) < 4.78 is 5.09. The Bertz CT molecular complexity index is 516. The summed E-state index contributed by atoms with van der Waals surface area (Å²) >= 11 is 0. The van der Waals surface area contributed by atoms with Gasteiger partial charge in [-0.1, -0.05) is 6.07 Å². The molecule has 2 aromatic rings. The molecule has 0 radical (unpaired) electrons. The summed E-state index contributed by atoms with van der Waals surface area (Å²) in [6, 6.07) is 10.4. The van der Waals surface area contributed by atoms with Crippen LogP contribution in [0.4, 0.5) is 5.69 Å². The van der Waals surface area contributed by atoms with Crippen molar-refractivity contribution in [3.8, 4) is 0 Å². The van der Waals surface area contributed by atoms with Crippen molar-refractivity contribution in [1.82, 2.24) is 0 Å². The number of amides is 1. The van der Waals surface area contributed by atoms with Crippen LogP contribution in [0.1, 0.15) is 16.1 Å². The van der Waals surface area contributed by atoms with E-state index in [-0.39, 0.29) is 0 Å². The van der Waals surface area contributed by atoms with Crippen molar-refractivity contribution >= 4 is 17.8 Å². The summed E-state index contributed by atoms with van der Waals surface area (Å²) in [6.45, 7) is 0. The number of aliphatic imine (C=N–C) groups is 1. The fourth-order valence-electron chi connectivity index (χ4n) is 1.24. The highest BCUT2D eigenvalue weighted by Gasteiger charge is 1.99. The number of nitrogens with two attached hydrogens (primary N) is 1. The Morgan fingerprint density at radius 2 is 2.19 bits per heavy atom. The van der Waals surface area contributed by atoms with Crippen LogP contribution in [0, 0.1) is 0 Å². The number of primary amides is 1. The van der Waals surface area contributed by atoms with Crippen molar-refractivity contribution < 1.29 is 9.21 Å². The van der Waals surface area contributed by atoms with Crippen LogP contribution >= 0.6 is 0 Å². The minimum absolute atomic E-state index is 0.439. The van der Waals surface area contributed by atoms with Crippen molar-refractivity contribution in [2.75, 3.05) is 0 Å². The van der Waals surface area contributed by atoms with Crippen LogP contribution in [0.2, 0.25) is 0 Å². The van der Waals surface area contributed by atoms with Crippen LogP contribution in [0.5, 0.6) is 0 Å². The number of benzene rings is 1. The Labute approximate surface area is 92.4 Å². The van der Waals surface area contributed by atoms with Crippen molar-refractivity contribution in [2.45, 2.75) is 0 Å². The zero-order valence-corrected chi connectivity index (χ0v) is 8.46. The van der Waals surface area contributed by atoms with Crippen LogP contribution in [-0.4, -0.2) is 12.1 Å². The second-order valence-corrected chi connectivity index (χ2v) is 3.19. The number of carbonyl (C=O) groups is 1. The molecule has 0 saturated carbocycles. The second kappa shape index (κ2) is 4.44. The van der Waals surface area contributed by atoms with Gasteiger partial charge in [0.1, 0.15) is 5.76 Å². The first kappa shape index (κ1) is 10.2. The maximum atomic E-state index is 10.9. The van der Waals surface area contributed by atoms with E-state index >= 15 is 0 Å². The molecule has 4 heteroatoms. The molecule has 2 N–H and O–H groups in total. The SMILES string of the molecule is NC(=O)c1cccc(N=Cc2ccco2)c1. The van der Waals surface area contributed by atoms with Crippen LogP contribution in [0.3, 0.4) is 0 Å². The van der Waals surface area contributed by atoms with E-state index in [4.69, 9.17) is 10.2 Å². The average molecular weight is 214 g/mol. The van der Waals surface area contributed by atoms with Crippen LogP contribution in [-0.2, 0) is 0 Å². The van der Waals surface area contributed by atoms with Gasteiger partial charge in [0.2, 0.25) is 5.91 Å². The number of hydrogen-bond donors (Lipinski definition) is 1. The molecule has 0 aliphatic heterocycles. The molecule has 0 aliphatic rings.